The standard InChI is InChI=1S/C16H32N2O2S/c1-5-21(19,20)10-6-9-18-11-15(13(2)3)17-12-16(18,4)14-7-8-14/h13-15,17H,5-12H2,1-4H3. The fourth-order valence-corrected chi connectivity index (χ4v) is 4.34. The van der Waals surface area contributed by atoms with Gasteiger partial charge in [0.05, 0.1) is 5.75 Å². The molecule has 2 unspecified atom stereocenters. The van der Waals surface area contributed by atoms with Crippen molar-refractivity contribution in [3.63, 3.8) is 0 Å². The molecule has 0 aromatic rings. The van der Waals surface area contributed by atoms with E-state index in [0.29, 0.717) is 17.7 Å². The fraction of sp³-hybridized carbons (Fsp3) is 1.00. The van der Waals surface area contributed by atoms with E-state index in [4.69, 9.17) is 0 Å². The first-order valence-electron chi connectivity index (χ1n) is 8.47. The molecule has 2 aliphatic rings. The van der Waals surface area contributed by atoms with E-state index in [1.807, 2.05) is 0 Å². The zero-order chi connectivity index (χ0) is 15.7. The van der Waals surface area contributed by atoms with Crippen molar-refractivity contribution in [2.24, 2.45) is 11.8 Å². The molecule has 1 N–H and O–H groups in total. The third-order valence-electron chi connectivity index (χ3n) is 5.45. The summed E-state index contributed by atoms with van der Waals surface area (Å²) in [6.45, 7) is 11.6. The summed E-state index contributed by atoms with van der Waals surface area (Å²) in [4.78, 5) is 2.58. The molecule has 4 nitrogen and oxygen atoms in total. The summed E-state index contributed by atoms with van der Waals surface area (Å²) in [5, 5.41) is 3.72. The van der Waals surface area contributed by atoms with Crippen LogP contribution in [0.15, 0.2) is 0 Å². The van der Waals surface area contributed by atoms with Crippen LogP contribution in [0.4, 0.5) is 0 Å². The van der Waals surface area contributed by atoms with Gasteiger partial charge in [0.25, 0.3) is 0 Å². The summed E-state index contributed by atoms with van der Waals surface area (Å²) in [6, 6.07) is 0.527. The Bertz CT molecular complexity index is 445. The average Bonchev–Trinajstić information content (AvgIpc) is 3.25. The van der Waals surface area contributed by atoms with Crippen molar-refractivity contribution in [2.45, 2.75) is 58.5 Å². The monoisotopic (exact) mass is 316 g/mol. The average molecular weight is 317 g/mol. The van der Waals surface area contributed by atoms with Gasteiger partial charge < -0.3 is 5.32 Å². The molecule has 0 amide bonds. The summed E-state index contributed by atoms with van der Waals surface area (Å²) in [5.74, 6) is 2.01. The Morgan fingerprint density at radius 3 is 2.52 bits per heavy atom. The Kier molecular flexibility index (Phi) is 5.37. The lowest BCUT2D eigenvalue weighted by Crippen LogP contribution is -2.65. The van der Waals surface area contributed by atoms with Crippen LogP contribution in [-0.4, -0.2) is 56.0 Å². The fourth-order valence-electron chi connectivity index (χ4n) is 3.48. The third-order valence-corrected chi connectivity index (χ3v) is 7.24. The van der Waals surface area contributed by atoms with Gasteiger partial charge in [0.15, 0.2) is 0 Å². The topological polar surface area (TPSA) is 49.4 Å². The summed E-state index contributed by atoms with van der Waals surface area (Å²) < 4.78 is 23.4. The lowest BCUT2D eigenvalue weighted by Gasteiger charge is -2.49. The van der Waals surface area contributed by atoms with Crippen LogP contribution in [-0.2, 0) is 9.84 Å². The second kappa shape index (κ2) is 6.55. The minimum absolute atomic E-state index is 0.224. The Balaban J connectivity index is 1.97. The van der Waals surface area contributed by atoms with Crippen molar-refractivity contribution >= 4 is 9.84 Å². The normalized spacial score (nSPS) is 31.8. The molecule has 1 aliphatic carbocycles. The molecule has 0 spiro atoms. The van der Waals surface area contributed by atoms with Gasteiger partial charge in [0.1, 0.15) is 9.84 Å². The second-order valence-electron chi connectivity index (χ2n) is 7.40. The predicted molar refractivity (Wildman–Crippen MR) is 88.3 cm³/mol. The molecule has 0 aromatic carbocycles. The van der Waals surface area contributed by atoms with Crippen molar-refractivity contribution < 1.29 is 8.42 Å². The number of rotatable bonds is 7. The van der Waals surface area contributed by atoms with Crippen LogP contribution < -0.4 is 5.32 Å². The molecule has 2 atom stereocenters. The molecular formula is C16H32N2O2S. The summed E-state index contributed by atoms with van der Waals surface area (Å²) >= 11 is 0. The van der Waals surface area contributed by atoms with Crippen LogP contribution in [0.2, 0.25) is 0 Å². The van der Waals surface area contributed by atoms with Gasteiger partial charge in [0.2, 0.25) is 0 Å². The highest BCUT2D eigenvalue weighted by molar-refractivity contribution is 7.91. The molecule has 21 heavy (non-hydrogen) atoms. The Morgan fingerprint density at radius 2 is 2.00 bits per heavy atom. The summed E-state index contributed by atoms with van der Waals surface area (Å²) in [7, 11) is -2.83. The molecule has 1 saturated carbocycles. The largest absolute Gasteiger partial charge is 0.311 e. The van der Waals surface area contributed by atoms with E-state index >= 15 is 0 Å². The number of hydrogen-bond donors (Lipinski definition) is 1. The van der Waals surface area contributed by atoms with Gasteiger partial charge >= 0.3 is 0 Å². The maximum Gasteiger partial charge on any atom is 0.150 e. The number of nitrogens with zero attached hydrogens (tertiary/aromatic N) is 1. The third kappa shape index (κ3) is 4.20. The SMILES string of the molecule is CCS(=O)(=O)CCCN1CC(C(C)C)NCC1(C)C1CC1. The van der Waals surface area contributed by atoms with E-state index in [9.17, 15) is 8.42 Å². The summed E-state index contributed by atoms with van der Waals surface area (Å²) in [6.07, 6.45) is 3.42. The zero-order valence-electron chi connectivity index (χ0n) is 14.1. The number of hydrogen-bond acceptors (Lipinski definition) is 4. The van der Waals surface area contributed by atoms with Crippen LogP contribution in [0.3, 0.4) is 0 Å². The number of nitrogens with one attached hydrogen (secondary N) is 1. The maximum atomic E-state index is 11.7. The van der Waals surface area contributed by atoms with Crippen LogP contribution in [0.1, 0.15) is 47.0 Å². The molecule has 5 heteroatoms. The van der Waals surface area contributed by atoms with Gasteiger partial charge in [-0.3, -0.25) is 4.90 Å². The van der Waals surface area contributed by atoms with Crippen LogP contribution >= 0.6 is 0 Å². The molecule has 1 heterocycles. The molecule has 2 fully saturated rings. The quantitative estimate of drug-likeness (QED) is 0.779. The van der Waals surface area contributed by atoms with Crippen molar-refractivity contribution in [2.75, 3.05) is 31.1 Å². The van der Waals surface area contributed by atoms with Crippen molar-refractivity contribution in [1.29, 1.82) is 0 Å². The number of piperazine rings is 1. The van der Waals surface area contributed by atoms with Gasteiger partial charge in [-0.1, -0.05) is 20.8 Å². The van der Waals surface area contributed by atoms with Gasteiger partial charge in [-0.05, 0) is 44.6 Å². The lowest BCUT2D eigenvalue weighted by molar-refractivity contribution is 0.0258. The minimum Gasteiger partial charge on any atom is -0.311 e. The zero-order valence-corrected chi connectivity index (χ0v) is 14.9. The molecular weight excluding hydrogens is 284 g/mol. The molecule has 0 bridgehead atoms. The van der Waals surface area contributed by atoms with E-state index < -0.39 is 9.84 Å². The van der Waals surface area contributed by atoms with E-state index in [1.165, 1.54) is 12.8 Å². The Morgan fingerprint density at radius 1 is 1.33 bits per heavy atom. The first-order chi connectivity index (χ1) is 9.78. The van der Waals surface area contributed by atoms with E-state index in [-0.39, 0.29) is 11.3 Å². The first kappa shape index (κ1) is 17.2. The van der Waals surface area contributed by atoms with Gasteiger partial charge in [-0.2, -0.15) is 0 Å². The molecule has 2 rings (SSSR count). The molecule has 1 aliphatic heterocycles. The van der Waals surface area contributed by atoms with E-state index in [0.717, 1.165) is 32.0 Å². The van der Waals surface area contributed by atoms with E-state index in [2.05, 4.69) is 31.0 Å². The highest BCUT2D eigenvalue weighted by Gasteiger charge is 2.48. The van der Waals surface area contributed by atoms with Crippen LogP contribution in [0.5, 0.6) is 0 Å². The number of sulfone groups is 1. The molecule has 1 saturated heterocycles. The highest BCUT2D eigenvalue weighted by Crippen LogP contribution is 2.44. The highest BCUT2D eigenvalue weighted by atomic mass is 32.2. The van der Waals surface area contributed by atoms with Gasteiger partial charge in [-0.15, -0.1) is 0 Å². The van der Waals surface area contributed by atoms with Gasteiger partial charge in [-0.25, -0.2) is 8.42 Å². The minimum atomic E-state index is -2.83. The second-order valence-corrected chi connectivity index (χ2v) is 9.87. The van der Waals surface area contributed by atoms with Crippen molar-refractivity contribution in [3.8, 4) is 0 Å². The molecule has 124 valence electrons. The van der Waals surface area contributed by atoms with Crippen LogP contribution in [0, 0.1) is 11.8 Å². The van der Waals surface area contributed by atoms with E-state index in [1.54, 1.807) is 6.92 Å². The lowest BCUT2D eigenvalue weighted by atomic mass is 9.87. The van der Waals surface area contributed by atoms with Crippen LogP contribution in [0.25, 0.3) is 0 Å². The van der Waals surface area contributed by atoms with Gasteiger partial charge in [0, 0.05) is 30.4 Å². The Labute approximate surface area is 130 Å². The smallest absolute Gasteiger partial charge is 0.150 e. The predicted octanol–water partition coefficient (Wildman–Crippen LogP) is 1.91. The van der Waals surface area contributed by atoms with Crippen molar-refractivity contribution in [1.82, 2.24) is 10.2 Å². The molecule has 0 radical (unpaired) electrons. The van der Waals surface area contributed by atoms with Crippen molar-refractivity contribution in [3.05, 3.63) is 0 Å². The molecule has 0 aromatic heterocycles. The Hall–Kier alpha value is -0.130. The maximum absolute atomic E-state index is 11.7. The first-order valence-corrected chi connectivity index (χ1v) is 10.3. The summed E-state index contributed by atoms with van der Waals surface area (Å²) in [5.41, 5.74) is 0.224.